The predicted molar refractivity (Wildman–Crippen MR) is 70.4 cm³/mol. The number of nitrogens with zero attached hydrogens (tertiary/aromatic N) is 2. The van der Waals surface area contributed by atoms with Crippen LogP contribution < -0.4 is 5.32 Å². The van der Waals surface area contributed by atoms with Crippen LogP contribution in [0.5, 0.6) is 0 Å². The van der Waals surface area contributed by atoms with Crippen molar-refractivity contribution in [1.82, 2.24) is 15.5 Å². The number of benzene rings is 1. The molecule has 1 aromatic heterocycles. The number of aromatic nitrogens is 2. The summed E-state index contributed by atoms with van der Waals surface area (Å²) in [5.74, 6) is 1.18. The molecule has 5 nitrogen and oxygen atoms in total. The van der Waals surface area contributed by atoms with Gasteiger partial charge >= 0.3 is 0 Å². The Morgan fingerprint density at radius 1 is 1.21 bits per heavy atom. The van der Waals surface area contributed by atoms with Crippen molar-refractivity contribution in [1.29, 1.82) is 0 Å². The van der Waals surface area contributed by atoms with Crippen molar-refractivity contribution in [3.63, 3.8) is 0 Å². The van der Waals surface area contributed by atoms with Crippen molar-refractivity contribution < 1.29 is 9.15 Å². The Hall–Kier alpha value is -1.72. The van der Waals surface area contributed by atoms with E-state index < -0.39 is 0 Å². The molecule has 1 fully saturated rings. The van der Waals surface area contributed by atoms with Crippen LogP contribution in [0.15, 0.2) is 34.7 Å². The molecular weight excluding hydrogens is 242 g/mol. The van der Waals surface area contributed by atoms with E-state index in [2.05, 4.69) is 15.5 Å². The molecule has 19 heavy (non-hydrogen) atoms. The van der Waals surface area contributed by atoms with Gasteiger partial charge in [0.15, 0.2) is 0 Å². The van der Waals surface area contributed by atoms with Gasteiger partial charge in [-0.2, -0.15) is 0 Å². The molecular formula is C14H17N3O2. The Morgan fingerprint density at radius 3 is 2.89 bits per heavy atom. The minimum atomic E-state index is 0.390. The fourth-order valence-corrected chi connectivity index (χ4v) is 2.16. The second-order valence-electron chi connectivity index (χ2n) is 4.66. The zero-order valence-electron chi connectivity index (χ0n) is 10.7. The number of hydrogen-bond acceptors (Lipinski definition) is 5. The third-order valence-electron chi connectivity index (χ3n) is 3.19. The molecule has 1 N–H and O–H groups in total. The summed E-state index contributed by atoms with van der Waals surface area (Å²) in [4.78, 5) is 0. The first kappa shape index (κ1) is 12.3. The fraction of sp³-hybridized carbons (Fsp3) is 0.429. The number of ether oxygens (including phenoxy) is 1. The third kappa shape index (κ3) is 3.19. The van der Waals surface area contributed by atoms with Gasteiger partial charge in [0.1, 0.15) is 0 Å². The molecule has 100 valence electrons. The van der Waals surface area contributed by atoms with Gasteiger partial charge in [0, 0.05) is 18.2 Å². The molecule has 0 radical (unpaired) electrons. The van der Waals surface area contributed by atoms with Gasteiger partial charge in [0.05, 0.1) is 13.2 Å². The lowest BCUT2D eigenvalue weighted by molar-refractivity contribution is 0.0692. The first-order valence-corrected chi connectivity index (χ1v) is 6.61. The molecule has 1 aromatic carbocycles. The highest BCUT2D eigenvalue weighted by atomic mass is 16.5. The van der Waals surface area contributed by atoms with E-state index in [0.29, 0.717) is 24.4 Å². The van der Waals surface area contributed by atoms with Gasteiger partial charge in [-0.1, -0.05) is 18.2 Å². The molecule has 1 aliphatic heterocycles. The maximum atomic E-state index is 5.64. The van der Waals surface area contributed by atoms with Gasteiger partial charge < -0.3 is 14.5 Å². The highest BCUT2D eigenvalue weighted by Crippen LogP contribution is 2.17. The molecule has 0 unspecified atom stereocenters. The minimum absolute atomic E-state index is 0.390. The summed E-state index contributed by atoms with van der Waals surface area (Å²) < 4.78 is 11.1. The van der Waals surface area contributed by atoms with E-state index >= 15 is 0 Å². The van der Waals surface area contributed by atoms with Crippen LogP contribution in [-0.2, 0) is 11.3 Å². The van der Waals surface area contributed by atoms with Crippen LogP contribution in [0.4, 0.5) is 0 Å². The van der Waals surface area contributed by atoms with E-state index in [1.54, 1.807) is 0 Å². The van der Waals surface area contributed by atoms with Gasteiger partial charge in [-0.05, 0) is 25.0 Å². The summed E-state index contributed by atoms with van der Waals surface area (Å²) in [6, 6.07) is 10.2. The molecule has 3 rings (SSSR count). The quantitative estimate of drug-likeness (QED) is 0.910. The van der Waals surface area contributed by atoms with Crippen LogP contribution in [0.2, 0.25) is 0 Å². The zero-order chi connectivity index (χ0) is 12.9. The van der Waals surface area contributed by atoms with E-state index in [4.69, 9.17) is 9.15 Å². The molecule has 0 saturated carbocycles. The van der Waals surface area contributed by atoms with Crippen molar-refractivity contribution >= 4 is 0 Å². The molecule has 2 heterocycles. The SMILES string of the molecule is c1ccc(-c2nnc(CN[C@@H]3CCCOC3)o2)cc1. The topological polar surface area (TPSA) is 60.2 Å². The monoisotopic (exact) mass is 259 g/mol. The smallest absolute Gasteiger partial charge is 0.247 e. The van der Waals surface area contributed by atoms with E-state index in [9.17, 15) is 0 Å². The van der Waals surface area contributed by atoms with Gasteiger partial charge in [-0.3, -0.25) is 0 Å². The van der Waals surface area contributed by atoms with Crippen LogP contribution in [0.25, 0.3) is 11.5 Å². The van der Waals surface area contributed by atoms with Crippen molar-refractivity contribution in [3.8, 4) is 11.5 Å². The molecule has 1 aliphatic rings. The van der Waals surface area contributed by atoms with Crippen LogP contribution >= 0.6 is 0 Å². The Morgan fingerprint density at radius 2 is 2.11 bits per heavy atom. The normalized spacial score (nSPS) is 19.5. The van der Waals surface area contributed by atoms with Gasteiger partial charge in [-0.15, -0.1) is 10.2 Å². The van der Waals surface area contributed by atoms with E-state index in [-0.39, 0.29) is 0 Å². The lowest BCUT2D eigenvalue weighted by atomic mass is 10.1. The van der Waals surface area contributed by atoms with Crippen LogP contribution in [0, 0.1) is 0 Å². The van der Waals surface area contributed by atoms with Crippen LogP contribution in [-0.4, -0.2) is 29.5 Å². The van der Waals surface area contributed by atoms with Crippen LogP contribution in [0.1, 0.15) is 18.7 Å². The van der Waals surface area contributed by atoms with Crippen molar-refractivity contribution in [2.75, 3.05) is 13.2 Å². The maximum Gasteiger partial charge on any atom is 0.247 e. The van der Waals surface area contributed by atoms with Gasteiger partial charge in [0.2, 0.25) is 11.8 Å². The zero-order valence-corrected chi connectivity index (χ0v) is 10.7. The van der Waals surface area contributed by atoms with Crippen molar-refractivity contribution in [3.05, 3.63) is 36.2 Å². The first-order chi connectivity index (χ1) is 9.42. The van der Waals surface area contributed by atoms with Gasteiger partial charge in [0.25, 0.3) is 0 Å². The largest absolute Gasteiger partial charge is 0.419 e. The average molecular weight is 259 g/mol. The molecule has 1 saturated heterocycles. The van der Waals surface area contributed by atoms with E-state index in [1.165, 1.54) is 0 Å². The summed E-state index contributed by atoms with van der Waals surface area (Å²) in [6.07, 6.45) is 2.25. The molecule has 0 aliphatic carbocycles. The van der Waals surface area contributed by atoms with Gasteiger partial charge in [-0.25, -0.2) is 0 Å². The Bertz CT molecular complexity index is 506. The molecule has 0 bridgehead atoms. The number of rotatable bonds is 4. The summed E-state index contributed by atoms with van der Waals surface area (Å²) in [5, 5.41) is 11.5. The van der Waals surface area contributed by atoms with Crippen LogP contribution in [0.3, 0.4) is 0 Å². The molecule has 5 heteroatoms. The average Bonchev–Trinajstić information content (AvgIpc) is 2.96. The summed E-state index contributed by atoms with van der Waals surface area (Å²) in [6.45, 7) is 2.23. The Labute approximate surface area is 112 Å². The molecule has 1 atom stereocenters. The highest BCUT2D eigenvalue weighted by Gasteiger charge is 2.14. The first-order valence-electron chi connectivity index (χ1n) is 6.61. The van der Waals surface area contributed by atoms with E-state index in [1.807, 2.05) is 30.3 Å². The van der Waals surface area contributed by atoms with E-state index in [0.717, 1.165) is 31.6 Å². The van der Waals surface area contributed by atoms with Crippen molar-refractivity contribution in [2.24, 2.45) is 0 Å². The second-order valence-corrected chi connectivity index (χ2v) is 4.66. The fourth-order valence-electron chi connectivity index (χ4n) is 2.16. The summed E-state index contributed by atoms with van der Waals surface area (Å²) >= 11 is 0. The molecule has 0 amide bonds. The molecule has 0 spiro atoms. The Kier molecular flexibility index (Phi) is 3.86. The minimum Gasteiger partial charge on any atom is -0.419 e. The van der Waals surface area contributed by atoms with Crippen molar-refractivity contribution in [2.45, 2.75) is 25.4 Å². The number of nitrogens with one attached hydrogen (secondary N) is 1. The predicted octanol–water partition coefficient (Wildman–Crippen LogP) is 2.01. The second kappa shape index (κ2) is 5.95. The third-order valence-corrected chi connectivity index (χ3v) is 3.19. The lowest BCUT2D eigenvalue weighted by Gasteiger charge is -2.22. The molecule has 2 aromatic rings. The lowest BCUT2D eigenvalue weighted by Crippen LogP contribution is -2.36. The standard InChI is InChI=1S/C14H17N3O2/c1-2-5-11(6-3-1)14-17-16-13(19-14)9-15-12-7-4-8-18-10-12/h1-3,5-6,12,15H,4,7-10H2/t12-/m1/s1. The highest BCUT2D eigenvalue weighted by molar-refractivity contribution is 5.51. The number of hydrogen-bond donors (Lipinski definition) is 1. The Balaban J connectivity index is 1.59. The summed E-state index contributed by atoms with van der Waals surface area (Å²) in [7, 11) is 0. The maximum absolute atomic E-state index is 5.64. The summed E-state index contributed by atoms with van der Waals surface area (Å²) in [5.41, 5.74) is 0.947.